The van der Waals surface area contributed by atoms with Gasteiger partial charge in [-0.25, -0.2) is 0 Å². The summed E-state index contributed by atoms with van der Waals surface area (Å²) >= 11 is 0. The number of carbonyl (C=O) groups excluding carboxylic acids is 1. The lowest BCUT2D eigenvalue weighted by atomic mass is 9.83. The molecule has 0 radical (unpaired) electrons. The van der Waals surface area contributed by atoms with Crippen LogP contribution in [0.25, 0.3) is 10.9 Å². The summed E-state index contributed by atoms with van der Waals surface area (Å²) in [5.41, 5.74) is 2.42. The van der Waals surface area contributed by atoms with Gasteiger partial charge in [-0.1, -0.05) is 6.07 Å². The molecule has 3 nitrogen and oxygen atoms in total. The number of ketones is 1. The number of nitrogens with zero attached hydrogens (tertiary/aromatic N) is 2. The fourth-order valence-corrected chi connectivity index (χ4v) is 2.85. The van der Waals surface area contributed by atoms with Crippen molar-refractivity contribution in [3.05, 3.63) is 30.0 Å². The van der Waals surface area contributed by atoms with Crippen LogP contribution in [0.5, 0.6) is 0 Å². The fourth-order valence-electron chi connectivity index (χ4n) is 2.85. The molecular weight excluding hydrogens is 236 g/mol. The second-order valence-electron chi connectivity index (χ2n) is 5.83. The second kappa shape index (κ2) is 4.80. The Balaban J connectivity index is 1.90. The first-order valence-electron chi connectivity index (χ1n) is 7.14. The van der Waals surface area contributed by atoms with E-state index in [9.17, 15) is 4.79 Å². The van der Waals surface area contributed by atoms with Gasteiger partial charge in [0.1, 0.15) is 5.78 Å². The molecule has 3 heteroatoms. The number of Topliss-reactive ketones (excluding diaryl/α,β-unsaturated/α-hetero) is 1. The van der Waals surface area contributed by atoms with Crippen molar-refractivity contribution in [2.45, 2.75) is 51.5 Å². The van der Waals surface area contributed by atoms with Gasteiger partial charge in [0.15, 0.2) is 0 Å². The Labute approximate surface area is 113 Å². The third-order valence-corrected chi connectivity index (χ3v) is 4.09. The van der Waals surface area contributed by atoms with Gasteiger partial charge in [0, 0.05) is 30.5 Å². The second-order valence-corrected chi connectivity index (χ2v) is 5.83. The minimum Gasteiger partial charge on any atom is -0.300 e. The van der Waals surface area contributed by atoms with Crippen LogP contribution in [0.4, 0.5) is 0 Å². The summed E-state index contributed by atoms with van der Waals surface area (Å²) in [5.74, 6) is 0.967. The van der Waals surface area contributed by atoms with Crippen molar-refractivity contribution in [2.24, 2.45) is 0 Å². The molecule has 1 fully saturated rings. The Morgan fingerprint density at radius 1 is 1.26 bits per heavy atom. The van der Waals surface area contributed by atoms with Crippen LogP contribution in [0.3, 0.4) is 0 Å². The summed E-state index contributed by atoms with van der Waals surface area (Å²) in [5, 5.41) is 5.78. The molecule has 19 heavy (non-hydrogen) atoms. The van der Waals surface area contributed by atoms with Crippen molar-refractivity contribution in [1.29, 1.82) is 0 Å². The van der Waals surface area contributed by atoms with Gasteiger partial charge >= 0.3 is 0 Å². The first-order chi connectivity index (χ1) is 9.13. The van der Waals surface area contributed by atoms with E-state index >= 15 is 0 Å². The molecule has 1 aliphatic rings. The Hall–Kier alpha value is -1.64. The molecule has 0 amide bonds. The maximum Gasteiger partial charge on any atom is 0.132 e. The van der Waals surface area contributed by atoms with Gasteiger partial charge in [0.05, 0.1) is 5.52 Å². The molecule has 0 saturated heterocycles. The molecule has 2 aromatic rings. The van der Waals surface area contributed by atoms with Crippen molar-refractivity contribution in [3.63, 3.8) is 0 Å². The third kappa shape index (κ3) is 2.42. The smallest absolute Gasteiger partial charge is 0.132 e. The van der Waals surface area contributed by atoms with Crippen molar-refractivity contribution in [3.8, 4) is 0 Å². The van der Waals surface area contributed by atoms with Crippen LogP contribution in [0.1, 0.15) is 57.1 Å². The van der Waals surface area contributed by atoms with Crippen molar-refractivity contribution in [1.82, 2.24) is 9.78 Å². The topological polar surface area (TPSA) is 34.9 Å². The molecule has 0 spiro atoms. The molecular formula is C16H20N2O. The molecule has 1 heterocycles. The lowest BCUT2D eigenvalue weighted by molar-refractivity contribution is -0.120. The highest BCUT2D eigenvalue weighted by Gasteiger charge is 2.20. The van der Waals surface area contributed by atoms with Gasteiger partial charge in [-0.3, -0.25) is 9.48 Å². The largest absolute Gasteiger partial charge is 0.300 e. The van der Waals surface area contributed by atoms with E-state index in [-0.39, 0.29) is 0 Å². The van der Waals surface area contributed by atoms with Crippen LogP contribution >= 0.6 is 0 Å². The van der Waals surface area contributed by atoms with Gasteiger partial charge in [0.25, 0.3) is 0 Å². The maximum absolute atomic E-state index is 11.3. The summed E-state index contributed by atoms with van der Waals surface area (Å²) in [6.45, 7) is 4.28. The van der Waals surface area contributed by atoms with Crippen molar-refractivity contribution >= 4 is 16.7 Å². The number of hydrogen-bond donors (Lipinski definition) is 0. The van der Waals surface area contributed by atoms with E-state index in [1.807, 2.05) is 4.68 Å². The quantitative estimate of drug-likeness (QED) is 0.818. The van der Waals surface area contributed by atoms with Gasteiger partial charge in [-0.05, 0) is 50.3 Å². The SMILES string of the molecule is CC(C)n1cc2cc(C3CCC(=O)CC3)ccc2n1. The summed E-state index contributed by atoms with van der Waals surface area (Å²) in [4.78, 5) is 11.3. The molecule has 1 aliphatic carbocycles. The molecule has 1 saturated carbocycles. The Kier molecular flexibility index (Phi) is 3.13. The number of fused-ring (bicyclic) bond motifs is 1. The van der Waals surface area contributed by atoms with Crippen LogP contribution in [-0.2, 0) is 4.79 Å². The highest BCUT2D eigenvalue weighted by atomic mass is 16.1. The number of aromatic nitrogens is 2. The van der Waals surface area contributed by atoms with E-state index < -0.39 is 0 Å². The highest BCUT2D eigenvalue weighted by Crippen LogP contribution is 2.32. The fraction of sp³-hybridized carbons (Fsp3) is 0.500. The molecule has 1 aromatic heterocycles. The molecule has 1 aromatic carbocycles. The predicted molar refractivity (Wildman–Crippen MR) is 76.3 cm³/mol. The van der Waals surface area contributed by atoms with Crippen LogP contribution < -0.4 is 0 Å². The number of rotatable bonds is 2. The summed E-state index contributed by atoms with van der Waals surface area (Å²) in [6.07, 6.45) is 5.62. The predicted octanol–water partition coefficient (Wildman–Crippen LogP) is 3.84. The first kappa shape index (κ1) is 12.4. The molecule has 0 N–H and O–H groups in total. The van der Waals surface area contributed by atoms with E-state index in [1.165, 1.54) is 10.9 Å². The van der Waals surface area contributed by atoms with Crippen LogP contribution in [0.15, 0.2) is 24.4 Å². The molecule has 3 rings (SSSR count). The molecule has 0 aliphatic heterocycles. The van der Waals surface area contributed by atoms with Crippen molar-refractivity contribution < 1.29 is 4.79 Å². The van der Waals surface area contributed by atoms with Crippen LogP contribution in [0.2, 0.25) is 0 Å². The molecule has 100 valence electrons. The number of carbonyl (C=O) groups is 1. The summed E-state index contributed by atoms with van der Waals surface area (Å²) in [7, 11) is 0. The minimum absolute atomic E-state index is 0.392. The Bertz CT molecular complexity index is 602. The average molecular weight is 256 g/mol. The lowest BCUT2D eigenvalue weighted by Gasteiger charge is -2.21. The number of benzene rings is 1. The van der Waals surface area contributed by atoms with Crippen molar-refractivity contribution in [2.75, 3.05) is 0 Å². The van der Waals surface area contributed by atoms with E-state index in [1.54, 1.807) is 0 Å². The zero-order valence-electron chi connectivity index (χ0n) is 11.6. The van der Waals surface area contributed by atoms with Crippen LogP contribution in [-0.4, -0.2) is 15.6 Å². The van der Waals surface area contributed by atoms with Gasteiger partial charge in [-0.15, -0.1) is 0 Å². The molecule has 0 atom stereocenters. The highest BCUT2D eigenvalue weighted by molar-refractivity contribution is 5.80. The molecule has 0 unspecified atom stereocenters. The van der Waals surface area contributed by atoms with Gasteiger partial charge in [-0.2, -0.15) is 5.10 Å². The van der Waals surface area contributed by atoms with Crippen LogP contribution in [0, 0.1) is 0 Å². The first-order valence-corrected chi connectivity index (χ1v) is 7.14. The third-order valence-electron chi connectivity index (χ3n) is 4.09. The van der Waals surface area contributed by atoms with E-state index in [0.717, 1.165) is 31.2 Å². The van der Waals surface area contributed by atoms with E-state index in [2.05, 4.69) is 43.3 Å². The summed E-state index contributed by atoms with van der Waals surface area (Å²) in [6, 6.07) is 6.94. The normalized spacial score (nSPS) is 17.5. The van der Waals surface area contributed by atoms with E-state index in [0.29, 0.717) is 17.7 Å². The lowest BCUT2D eigenvalue weighted by Crippen LogP contribution is -2.12. The number of hydrogen-bond acceptors (Lipinski definition) is 2. The Morgan fingerprint density at radius 2 is 2.00 bits per heavy atom. The monoisotopic (exact) mass is 256 g/mol. The summed E-state index contributed by atoms with van der Waals surface area (Å²) < 4.78 is 2.01. The van der Waals surface area contributed by atoms with Gasteiger partial charge in [0.2, 0.25) is 0 Å². The average Bonchev–Trinajstić information content (AvgIpc) is 2.82. The minimum atomic E-state index is 0.392. The zero-order chi connectivity index (χ0) is 13.4. The molecule has 0 bridgehead atoms. The van der Waals surface area contributed by atoms with Gasteiger partial charge < -0.3 is 0 Å². The standard InChI is InChI=1S/C16H20N2O/c1-11(2)18-10-14-9-13(5-8-16(14)17-18)12-3-6-15(19)7-4-12/h5,8-12H,3-4,6-7H2,1-2H3. The zero-order valence-corrected chi connectivity index (χ0v) is 11.6. The Morgan fingerprint density at radius 3 is 2.68 bits per heavy atom. The van der Waals surface area contributed by atoms with E-state index in [4.69, 9.17) is 0 Å². The maximum atomic E-state index is 11.3.